The molecule has 140 valence electrons. The van der Waals surface area contributed by atoms with E-state index in [0.717, 1.165) is 41.5 Å². The van der Waals surface area contributed by atoms with Crippen molar-refractivity contribution in [3.05, 3.63) is 58.7 Å². The number of carbonyl (C=O) groups is 1. The molecular weight excluding hydrogens is 350 g/mol. The van der Waals surface area contributed by atoms with Crippen LogP contribution in [0.1, 0.15) is 46.3 Å². The van der Waals surface area contributed by atoms with E-state index in [9.17, 15) is 13.6 Å². The van der Waals surface area contributed by atoms with Gasteiger partial charge >= 0.3 is 6.61 Å². The van der Waals surface area contributed by atoms with Crippen molar-refractivity contribution in [1.82, 2.24) is 0 Å². The van der Waals surface area contributed by atoms with Crippen LogP contribution in [-0.2, 0) is 6.42 Å². The molecule has 0 amide bonds. The predicted molar refractivity (Wildman–Crippen MR) is 99.3 cm³/mol. The first kappa shape index (κ1) is 17.7. The molecule has 0 aromatic heterocycles. The minimum absolute atomic E-state index is 0.0472. The lowest BCUT2D eigenvalue weighted by atomic mass is 10.0. The molecule has 2 aromatic rings. The topological polar surface area (TPSA) is 35.5 Å². The van der Waals surface area contributed by atoms with Crippen LogP contribution < -0.4 is 9.47 Å². The van der Waals surface area contributed by atoms with Gasteiger partial charge in [-0.15, -0.1) is 0 Å². The van der Waals surface area contributed by atoms with Crippen LogP contribution in [0.5, 0.6) is 11.5 Å². The number of aryl methyl sites for hydroxylation is 1. The zero-order valence-electron chi connectivity index (χ0n) is 14.8. The normalized spacial score (nSPS) is 16.2. The van der Waals surface area contributed by atoms with E-state index in [1.165, 1.54) is 6.07 Å². The summed E-state index contributed by atoms with van der Waals surface area (Å²) in [5.41, 5.74) is 3.64. The van der Waals surface area contributed by atoms with Crippen LogP contribution in [-0.4, -0.2) is 19.0 Å². The Hall–Kier alpha value is -2.69. The van der Waals surface area contributed by atoms with Gasteiger partial charge in [-0.05, 0) is 60.1 Å². The van der Waals surface area contributed by atoms with Crippen molar-refractivity contribution < 1.29 is 23.0 Å². The van der Waals surface area contributed by atoms with E-state index in [1.54, 1.807) is 12.1 Å². The standard InChI is InChI=1S/C22H20F2O3/c23-22(24)27-20-10-6-15(12-21(20)26-13-16-3-4-16)2-1-14-5-7-17-8-9-19(25)18(17)11-14/h1-2,5-7,10-12,16,22H,3-4,8-9,13H2/b2-1+. The first-order valence-corrected chi connectivity index (χ1v) is 9.14. The molecule has 1 saturated carbocycles. The number of ketones is 1. The molecule has 0 radical (unpaired) electrons. The Morgan fingerprint density at radius 2 is 1.74 bits per heavy atom. The largest absolute Gasteiger partial charge is 0.489 e. The second-order valence-electron chi connectivity index (χ2n) is 7.01. The predicted octanol–water partition coefficient (Wildman–Crippen LogP) is 5.38. The summed E-state index contributed by atoms with van der Waals surface area (Å²) in [5.74, 6) is 1.07. The Morgan fingerprint density at radius 1 is 1.00 bits per heavy atom. The number of hydrogen-bond donors (Lipinski definition) is 0. The third kappa shape index (κ3) is 4.35. The number of carbonyl (C=O) groups excluding carboxylic acids is 1. The fourth-order valence-electron chi connectivity index (χ4n) is 3.18. The summed E-state index contributed by atoms with van der Waals surface area (Å²) in [6.07, 6.45) is 7.39. The molecule has 2 aliphatic rings. The molecule has 2 aliphatic carbocycles. The Kier molecular flexibility index (Phi) is 4.92. The second kappa shape index (κ2) is 7.51. The number of hydrogen-bond acceptors (Lipinski definition) is 3. The SMILES string of the molecule is O=C1CCc2ccc(/C=C/c3ccc(OC(F)F)c(OCC4CC4)c3)cc21. The maximum absolute atomic E-state index is 12.6. The molecule has 4 rings (SSSR count). The summed E-state index contributed by atoms with van der Waals surface area (Å²) in [4.78, 5) is 11.9. The molecule has 0 N–H and O–H groups in total. The monoisotopic (exact) mass is 370 g/mol. The van der Waals surface area contributed by atoms with Crippen molar-refractivity contribution >= 4 is 17.9 Å². The summed E-state index contributed by atoms with van der Waals surface area (Å²) in [5, 5.41) is 0. The van der Waals surface area contributed by atoms with E-state index in [1.807, 2.05) is 30.4 Å². The molecule has 0 atom stereocenters. The second-order valence-corrected chi connectivity index (χ2v) is 7.01. The highest BCUT2D eigenvalue weighted by Gasteiger charge is 2.23. The minimum atomic E-state index is -2.89. The van der Waals surface area contributed by atoms with Crippen LogP contribution in [0.15, 0.2) is 36.4 Å². The molecule has 0 spiro atoms. The number of benzene rings is 2. The Labute approximate surface area is 156 Å². The lowest BCUT2D eigenvalue weighted by molar-refractivity contribution is -0.0515. The number of ether oxygens (including phenoxy) is 2. The summed E-state index contributed by atoms with van der Waals surface area (Å²) < 4.78 is 35.5. The first-order chi connectivity index (χ1) is 13.1. The smallest absolute Gasteiger partial charge is 0.387 e. The van der Waals surface area contributed by atoms with Gasteiger partial charge in [0.1, 0.15) is 0 Å². The highest BCUT2D eigenvalue weighted by Crippen LogP contribution is 2.34. The first-order valence-electron chi connectivity index (χ1n) is 9.14. The Balaban J connectivity index is 1.54. The zero-order valence-corrected chi connectivity index (χ0v) is 14.8. The molecule has 0 aliphatic heterocycles. The van der Waals surface area contributed by atoms with Gasteiger partial charge in [0, 0.05) is 12.0 Å². The summed E-state index contributed by atoms with van der Waals surface area (Å²) in [6, 6.07) is 10.8. The van der Waals surface area contributed by atoms with Crippen molar-refractivity contribution in [2.45, 2.75) is 32.3 Å². The van der Waals surface area contributed by atoms with Crippen LogP contribution in [0.25, 0.3) is 12.2 Å². The van der Waals surface area contributed by atoms with Gasteiger partial charge in [0.05, 0.1) is 6.61 Å². The van der Waals surface area contributed by atoms with Gasteiger partial charge in [-0.2, -0.15) is 8.78 Å². The molecule has 27 heavy (non-hydrogen) atoms. The van der Waals surface area contributed by atoms with Crippen molar-refractivity contribution in [2.24, 2.45) is 5.92 Å². The van der Waals surface area contributed by atoms with E-state index in [2.05, 4.69) is 4.74 Å². The molecule has 0 heterocycles. The molecule has 1 fully saturated rings. The van der Waals surface area contributed by atoms with E-state index < -0.39 is 6.61 Å². The quantitative estimate of drug-likeness (QED) is 0.614. The average Bonchev–Trinajstić information content (AvgIpc) is 3.42. The summed E-state index contributed by atoms with van der Waals surface area (Å²) in [6.45, 7) is -2.38. The molecule has 3 nitrogen and oxygen atoms in total. The number of rotatable bonds is 7. The number of halogens is 2. The highest BCUT2D eigenvalue weighted by atomic mass is 19.3. The highest BCUT2D eigenvalue weighted by molar-refractivity contribution is 6.01. The van der Waals surface area contributed by atoms with Crippen LogP contribution in [0.3, 0.4) is 0 Å². The molecule has 0 bridgehead atoms. The van der Waals surface area contributed by atoms with Gasteiger partial charge < -0.3 is 9.47 Å². The summed E-state index contributed by atoms with van der Waals surface area (Å²) >= 11 is 0. The Morgan fingerprint density at radius 3 is 2.48 bits per heavy atom. The van der Waals surface area contributed by atoms with Gasteiger partial charge in [0.15, 0.2) is 17.3 Å². The molecule has 0 saturated heterocycles. The van der Waals surface area contributed by atoms with Gasteiger partial charge in [-0.25, -0.2) is 0 Å². The third-order valence-electron chi connectivity index (χ3n) is 4.88. The van der Waals surface area contributed by atoms with Gasteiger partial charge in [0.2, 0.25) is 0 Å². The molecule has 0 unspecified atom stereocenters. The lowest BCUT2D eigenvalue weighted by Crippen LogP contribution is -2.06. The zero-order chi connectivity index (χ0) is 18.8. The van der Waals surface area contributed by atoms with Crippen molar-refractivity contribution in [3.8, 4) is 11.5 Å². The lowest BCUT2D eigenvalue weighted by Gasteiger charge is -2.12. The molecule has 2 aromatic carbocycles. The van der Waals surface area contributed by atoms with Crippen LogP contribution in [0, 0.1) is 5.92 Å². The van der Waals surface area contributed by atoms with Crippen LogP contribution >= 0.6 is 0 Å². The van der Waals surface area contributed by atoms with Gasteiger partial charge in [-0.1, -0.05) is 30.4 Å². The fourth-order valence-corrected chi connectivity index (χ4v) is 3.18. The number of alkyl halides is 2. The third-order valence-corrected chi connectivity index (χ3v) is 4.88. The van der Waals surface area contributed by atoms with E-state index in [4.69, 9.17) is 4.74 Å². The average molecular weight is 370 g/mol. The molecular formula is C22H20F2O3. The van der Waals surface area contributed by atoms with Crippen LogP contribution in [0.2, 0.25) is 0 Å². The van der Waals surface area contributed by atoms with E-state index in [-0.39, 0.29) is 11.5 Å². The minimum Gasteiger partial charge on any atom is -0.489 e. The maximum atomic E-state index is 12.6. The number of Topliss-reactive ketones (excluding diaryl/α,β-unsaturated/α-hetero) is 1. The summed E-state index contributed by atoms with van der Waals surface area (Å²) in [7, 11) is 0. The number of fused-ring (bicyclic) bond motifs is 1. The van der Waals surface area contributed by atoms with Crippen molar-refractivity contribution in [2.75, 3.05) is 6.61 Å². The maximum Gasteiger partial charge on any atom is 0.387 e. The van der Waals surface area contributed by atoms with Gasteiger partial charge in [0.25, 0.3) is 0 Å². The Bertz CT molecular complexity index is 885. The van der Waals surface area contributed by atoms with Crippen LogP contribution in [0.4, 0.5) is 8.78 Å². The van der Waals surface area contributed by atoms with E-state index >= 15 is 0 Å². The van der Waals surface area contributed by atoms with E-state index in [0.29, 0.717) is 24.7 Å². The van der Waals surface area contributed by atoms with Crippen molar-refractivity contribution in [1.29, 1.82) is 0 Å². The molecule has 5 heteroatoms. The van der Waals surface area contributed by atoms with Crippen molar-refractivity contribution in [3.63, 3.8) is 0 Å². The van der Waals surface area contributed by atoms with Gasteiger partial charge in [-0.3, -0.25) is 4.79 Å². The fraction of sp³-hybridized carbons (Fsp3) is 0.318.